The van der Waals surface area contributed by atoms with E-state index >= 15 is 0 Å². The number of pyridine rings is 1. The number of nitrogen functional groups attached to an aromatic ring is 1. The summed E-state index contributed by atoms with van der Waals surface area (Å²) in [5.74, 6) is -0.0477. The van der Waals surface area contributed by atoms with Crippen molar-refractivity contribution in [3.05, 3.63) is 48.0 Å². The summed E-state index contributed by atoms with van der Waals surface area (Å²) in [7, 11) is 1.95. The van der Waals surface area contributed by atoms with Gasteiger partial charge in [-0.25, -0.2) is 0 Å². The molecule has 0 bridgehead atoms. The van der Waals surface area contributed by atoms with E-state index in [1.807, 2.05) is 29.9 Å². The number of hydrogen-bond donors (Lipinski definition) is 2. The van der Waals surface area contributed by atoms with Crippen molar-refractivity contribution < 1.29 is 4.79 Å². The Morgan fingerprint density at radius 1 is 1.44 bits per heavy atom. The van der Waals surface area contributed by atoms with Crippen LogP contribution in [0.3, 0.4) is 0 Å². The van der Waals surface area contributed by atoms with E-state index < -0.39 is 0 Å². The third-order valence-corrected chi connectivity index (χ3v) is 2.71. The number of nitrogens with one attached hydrogen (secondary N) is 1. The van der Waals surface area contributed by atoms with Crippen molar-refractivity contribution in [2.24, 2.45) is 7.05 Å². The molecule has 0 radical (unpaired) electrons. The Morgan fingerprint density at radius 3 is 2.89 bits per heavy atom. The molecule has 0 unspecified atom stereocenters. The van der Waals surface area contributed by atoms with Crippen molar-refractivity contribution in [3.8, 4) is 0 Å². The Kier molecular flexibility index (Phi) is 3.62. The first-order valence-electron chi connectivity index (χ1n) is 5.72. The number of nitrogens with two attached hydrogens (primary N) is 1. The van der Waals surface area contributed by atoms with Crippen LogP contribution in [0.2, 0.25) is 0 Å². The van der Waals surface area contributed by atoms with Gasteiger partial charge in [-0.3, -0.25) is 9.78 Å². The van der Waals surface area contributed by atoms with Gasteiger partial charge < -0.3 is 15.6 Å². The highest BCUT2D eigenvalue weighted by Crippen LogP contribution is 2.02. The SMILES string of the molecule is Cn1cccc1CNC(=O)Cc1ccc(N)cn1. The number of nitrogens with zero attached hydrogens (tertiary/aromatic N) is 2. The van der Waals surface area contributed by atoms with Crippen molar-refractivity contribution in [3.63, 3.8) is 0 Å². The summed E-state index contributed by atoms with van der Waals surface area (Å²) in [5.41, 5.74) is 7.91. The van der Waals surface area contributed by atoms with Gasteiger partial charge in [0.2, 0.25) is 5.91 Å². The molecule has 2 aromatic heterocycles. The topological polar surface area (TPSA) is 72.9 Å². The fraction of sp³-hybridized carbons (Fsp3) is 0.231. The van der Waals surface area contributed by atoms with E-state index in [2.05, 4.69) is 10.3 Å². The van der Waals surface area contributed by atoms with Crippen LogP contribution in [0.4, 0.5) is 5.69 Å². The predicted molar refractivity (Wildman–Crippen MR) is 69.6 cm³/mol. The monoisotopic (exact) mass is 244 g/mol. The highest BCUT2D eigenvalue weighted by Gasteiger charge is 2.05. The molecule has 0 aliphatic heterocycles. The minimum Gasteiger partial charge on any atom is -0.397 e. The van der Waals surface area contributed by atoms with Crippen LogP contribution in [0, 0.1) is 0 Å². The molecule has 2 aromatic rings. The number of carbonyl (C=O) groups is 1. The molecule has 5 heteroatoms. The van der Waals surface area contributed by atoms with E-state index in [0.717, 1.165) is 5.69 Å². The second-order valence-electron chi connectivity index (χ2n) is 4.15. The molecule has 0 saturated heterocycles. The lowest BCUT2D eigenvalue weighted by Gasteiger charge is -2.06. The van der Waals surface area contributed by atoms with Crippen molar-refractivity contribution in [2.75, 3.05) is 5.73 Å². The van der Waals surface area contributed by atoms with Gasteiger partial charge in [-0.1, -0.05) is 0 Å². The van der Waals surface area contributed by atoms with E-state index in [4.69, 9.17) is 5.73 Å². The van der Waals surface area contributed by atoms with Gasteiger partial charge in [-0.15, -0.1) is 0 Å². The van der Waals surface area contributed by atoms with Gasteiger partial charge in [0, 0.05) is 24.6 Å². The van der Waals surface area contributed by atoms with Crippen molar-refractivity contribution in [1.82, 2.24) is 14.9 Å². The van der Waals surface area contributed by atoms with Crippen LogP contribution in [0.5, 0.6) is 0 Å². The fourth-order valence-electron chi connectivity index (χ4n) is 1.64. The standard InChI is InChI=1S/C13H16N4O/c1-17-6-2-3-12(17)9-16-13(18)7-11-5-4-10(14)8-15-11/h2-6,8H,7,9,14H2,1H3,(H,16,18). The van der Waals surface area contributed by atoms with Crippen LogP contribution in [0.25, 0.3) is 0 Å². The lowest BCUT2D eigenvalue weighted by molar-refractivity contribution is -0.120. The highest BCUT2D eigenvalue weighted by molar-refractivity contribution is 5.78. The Balaban J connectivity index is 1.86. The molecule has 0 aliphatic rings. The summed E-state index contributed by atoms with van der Waals surface area (Å²) in [5, 5.41) is 2.86. The third-order valence-electron chi connectivity index (χ3n) is 2.71. The quantitative estimate of drug-likeness (QED) is 0.837. The van der Waals surface area contributed by atoms with Crippen LogP contribution in [-0.4, -0.2) is 15.5 Å². The zero-order valence-corrected chi connectivity index (χ0v) is 10.3. The smallest absolute Gasteiger partial charge is 0.226 e. The van der Waals surface area contributed by atoms with E-state index in [1.165, 1.54) is 0 Å². The molecule has 0 aliphatic carbocycles. The van der Waals surface area contributed by atoms with Crippen molar-refractivity contribution >= 4 is 11.6 Å². The van der Waals surface area contributed by atoms with Gasteiger partial charge >= 0.3 is 0 Å². The van der Waals surface area contributed by atoms with Gasteiger partial charge in [-0.05, 0) is 24.3 Å². The predicted octanol–water partition coefficient (Wildman–Crippen LogP) is 0.861. The highest BCUT2D eigenvalue weighted by atomic mass is 16.1. The molecule has 0 saturated carbocycles. The number of anilines is 1. The normalized spacial score (nSPS) is 10.3. The number of aryl methyl sites for hydroxylation is 1. The van der Waals surface area contributed by atoms with E-state index in [0.29, 0.717) is 17.9 Å². The Labute approximate surface area is 106 Å². The van der Waals surface area contributed by atoms with Crippen molar-refractivity contribution in [2.45, 2.75) is 13.0 Å². The number of hydrogen-bond acceptors (Lipinski definition) is 3. The summed E-state index contributed by atoms with van der Waals surface area (Å²) in [6, 6.07) is 7.43. The van der Waals surface area contributed by atoms with Gasteiger partial charge in [0.15, 0.2) is 0 Å². The molecule has 2 heterocycles. The van der Waals surface area contributed by atoms with Gasteiger partial charge in [0.25, 0.3) is 0 Å². The lowest BCUT2D eigenvalue weighted by atomic mass is 10.2. The molecular weight excluding hydrogens is 228 g/mol. The van der Waals surface area contributed by atoms with Gasteiger partial charge in [0.1, 0.15) is 0 Å². The summed E-state index contributed by atoms with van der Waals surface area (Å²) in [4.78, 5) is 15.8. The van der Waals surface area contributed by atoms with Crippen LogP contribution in [-0.2, 0) is 24.8 Å². The first kappa shape index (κ1) is 12.2. The summed E-state index contributed by atoms with van der Waals surface area (Å²) in [6.45, 7) is 0.525. The summed E-state index contributed by atoms with van der Waals surface area (Å²) >= 11 is 0. The molecule has 1 amide bonds. The largest absolute Gasteiger partial charge is 0.397 e. The average Bonchev–Trinajstić information content (AvgIpc) is 2.75. The number of aromatic nitrogens is 2. The molecule has 0 fully saturated rings. The van der Waals surface area contributed by atoms with E-state index in [9.17, 15) is 4.79 Å². The molecule has 18 heavy (non-hydrogen) atoms. The molecule has 5 nitrogen and oxygen atoms in total. The maximum Gasteiger partial charge on any atom is 0.226 e. The van der Waals surface area contributed by atoms with Crippen LogP contribution in [0.1, 0.15) is 11.4 Å². The van der Waals surface area contributed by atoms with Gasteiger partial charge in [0.05, 0.1) is 24.8 Å². The average molecular weight is 244 g/mol. The minimum atomic E-state index is -0.0477. The number of carbonyl (C=O) groups excluding carboxylic acids is 1. The second kappa shape index (κ2) is 5.35. The zero-order chi connectivity index (χ0) is 13.0. The Morgan fingerprint density at radius 2 is 2.28 bits per heavy atom. The molecule has 94 valence electrons. The first-order valence-corrected chi connectivity index (χ1v) is 5.72. The van der Waals surface area contributed by atoms with Crippen LogP contribution in [0.15, 0.2) is 36.7 Å². The minimum absolute atomic E-state index is 0.0477. The van der Waals surface area contributed by atoms with E-state index in [1.54, 1.807) is 18.3 Å². The first-order chi connectivity index (χ1) is 8.65. The summed E-state index contributed by atoms with van der Waals surface area (Å²) in [6.07, 6.45) is 3.77. The zero-order valence-electron chi connectivity index (χ0n) is 10.3. The maximum absolute atomic E-state index is 11.7. The second-order valence-corrected chi connectivity index (χ2v) is 4.15. The molecule has 3 N–H and O–H groups in total. The number of amides is 1. The fourth-order valence-corrected chi connectivity index (χ4v) is 1.64. The molecule has 0 atom stereocenters. The van der Waals surface area contributed by atoms with Crippen LogP contribution < -0.4 is 11.1 Å². The molecule has 0 spiro atoms. The molecule has 2 rings (SSSR count). The van der Waals surface area contributed by atoms with Gasteiger partial charge in [-0.2, -0.15) is 0 Å². The Hall–Kier alpha value is -2.30. The van der Waals surface area contributed by atoms with E-state index in [-0.39, 0.29) is 12.3 Å². The molecule has 0 aromatic carbocycles. The summed E-state index contributed by atoms with van der Waals surface area (Å²) < 4.78 is 1.97. The van der Waals surface area contributed by atoms with Crippen molar-refractivity contribution in [1.29, 1.82) is 0 Å². The lowest BCUT2D eigenvalue weighted by Crippen LogP contribution is -2.25. The maximum atomic E-state index is 11.7. The third kappa shape index (κ3) is 3.10. The van der Waals surface area contributed by atoms with Crippen LogP contribution >= 0.6 is 0 Å². The number of rotatable bonds is 4. The molecular formula is C13H16N4O. The Bertz CT molecular complexity index is 530.